The minimum Gasteiger partial charge on any atom is -0.302 e. The molecule has 1 aromatic heterocycles. The van der Waals surface area contributed by atoms with Gasteiger partial charge in [-0.3, -0.25) is 10.1 Å². The first-order chi connectivity index (χ1) is 10.6. The van der Waals surface area contributed by atoms with Crippen LogP contribution in [0, 0.1) is 17.0 Å². The maximum atomic E-state index is 11.3. The van der Waals surface area contributed by atoms with Gasteiger partial charge in [-0.2, -0.15) is 0 Å². The Morgan fingerprint density at radius 3 is 2.68 bits per heavy atom. The molecule has 114 valence electrons. The summed E-state index contributed by atoms with van der Waals surface area (Å²) in [5.74, 6) is 1.61. The molecule has 2 fully saturated rings. The van der Waals surface area contributed by atoms with Gasteiger partial charge < -0.3 is 4.57 Å². The Morgan fingerprint density at radius 2 is 2.05 bits per heavy atom. The van der Waals surface area contributed by atoms with Gasteiger partial charge in [0, 0.05) is 18.0 Å². The molecule has 0 spiro atoms. The molecule has 0 bridgehead atoms. The SMILES string of the molecule is Cc1ccc(Sc2nnc(C3CC3)n2C2CC2)c([N+](=O)[O-])c1. The zero-order valence-electron chi connectivity index (χ0n) is 12.2. The van der Waals surface area contributed by atoms with E-state index >= 15 is 0 Å². The lowest BCUT2D eigenvalue weighted by Gasteiger charge is -2.08. The van der Waals surface area contributed by atoms with Crippen molar-refractivity contribution in [3.8, 4) is 0 Å². The summed E-state index contributed by atoms with van der Waals surface area (Å²) < 4.78 is 2.21. The van der Waals surface area contributed by atoms with E-state index in [9.17, 15) is 10.1 Å². The molecule has 4 rings (SSSR count). The van der Waals surface area contributed by atoms with Crippen molar-refractivity contribution in [1.29, 1.82) is 0 Å². The lowest BCUT2D eigenvalue weighted by atomic mass is 10.2. The maximum absolute atomic E-state index is 11.3. The lowest BCUT2D eigenvalue weighted by molar-refractivity contribution is -0.387. The molecule has 2 aliphatic carbocycles. The molecule has 0 N–H and O–H groups in total. The van der Waals surface area contributed by atoms with Crippen LogP contribution < -0.4 is 0 Å². The molecule has 2 aliphatic rings. The van der Waals surface area contributed by atoms with Crippen LogP contribution >= 0.6 is 11.8 Å². The minimum atomic E-state index is -0.324. The number of hydrogen-bond donors (Lipinski definition) is 0. The van der Waals surface area contributed by atoms with E-state index in [1.165, 1.54) is 24.6 Å². The van der Waals surface area contributed by atoms with Crippen LogP contribution in [0.3, 0.4) is 0 Å². The molecule has 0 amide bonds. The van der Waals surface area contributed by atoms with E-state index in [0.717, 1.165) is 29.4 Å². The fraction of sp³-hybridized carbons (Fsp3) is 0.467. The average Bonchev–Trinajstić information content (AvgIpc) is 3.40. The summed E-state index contributed by atoms with van der Waals surface area (Å²) in [5.41, 5.74) is 1.03. The molecule has 0 aliphatic heterocycles. The Bertz CT molecular complexity index is 750. The number of aromatic nitrogens is 3. The third kappa shape index (κ3) is 2.49. The first kappa shape index (κ1) is 13.8. The van der Waals surface area contributed by atoms with Gasteiger partial charge in [0.05, 0.1) is 9.82 Å². The monoisotopic (exact) mass is 316 g/mol. The summed E-state index contributed by atoms with van der Waals surface area (Å²) >= 11 is 1.36. The van der Waals surface area contributed by atoms with Gasteiger partial charge in [0.25, 0.3) is 5.69 Å². The highest BCUT2D eigenvalue weighted by atomic mass is 32.2. The Hall–Kier alpha value is -1.89. The summed E-state index contributed by atoms with van der Waals surface area (Å²) in [6.45, 7) is 1.86. The molecule has 7 heteroatoms. The number of hydrogen-bond acceptors (Lipinski definition) is 5. The molecular weight excluding hydrogens is 300 g/mol. The third-order valence-corrected chi connectivity index (χ3v) is 5.08. The molecule has 2 saturated carbocycles. The summed E-state index contributed by atoms with van der Waals surface area (Å²) in [6, 6.07) is 5.80. The van der Waals surface area contributed by atoms with Crippen molar-refractivity contribution in [2.75, 3.05) is 0 Å². The van der Waals surface area contributed by atoms with E-state index in [4.69, 9.17) is 0 Å². The molecular formula is C15H16N4O2S. The quantitative estimate of drug-likeness (QED) is 0.618. The van der Waals surface area contributed by atoms with Crippen molar-refractivity contribution in [2.45, 2.75) is 54.6 Å². The van der Waals surface area contributed by atoms with E-state index in [2.05, 4.69) is 14.8 Å². The van der Waals surface area contributed by atoms with Gasteiger partial charge in [0.1, 0.15) is 5.82 Å². The van der Waals surface area contributed by atoms with Gasteiger partial charge in [-0.25, -0.2) is 0 Å². The summed E-state index contributed by atoms with van der Waals surface area (Å²) in [5, 5.41) is 20.7. The molecule has 0 radical (unpaired) electrons. The number of nitro benzene ring substituents is 1. The Labute approximate surface area is 132 Å². The Balaban J connectivity index is 1.71. The van der Waals surface area contributed by atoms with Crippen molar-refractivity contribution in [3.63, 3.8) is 0 Å². The van der Waals surface area contributed by atoms with Gasteiger partial charge >= 0.3 is 0 Å². The number of nitrogens with zero attached hydrogens (tertiary/aromatic N) is 4. The highest BCUT2D eigenvalue weighted by Gasteiger charge is 2.36. The molecule has 1 heterocycles. The zero-order chi connectivity index (χ0) is 15.3. The Kier molecular flexibility index (Phi) is 3.18. The van der Waals surface area contributed by atoms with Crippen LogP contribution in [0.2, 0.25) is 0 Å². The topological polar surface area (TPSA) is 73.8 Å². The molecule has 22 heavy (non-hydrogen) atoms. The third-order valence-electron chi connectivity index (χ3n) is 4.06. The highest BCUT2D eigenvalue weighted by Crippen LogP contribution is 2.47. The minimum absolute atomic E-state index is 0.142. The smallest absolute Gasteiger partial charge is 0.283 e. The molecule has 0 atom stereocenters. The van der Waals surface area contributed by atoms with Crippen molar-refractivity contribution < 1.29 is 4.92 Å². The Morgan fingerprint density at radius 1 is 1.27 bits per heavy atom. The second-order valence-electron chi connectivity index (χ2n) is 6.05. The van der Waals surface area contributed by atoms with Crippen LogP contribution in [0.5, 0.6) is 0 Å². The van der Waals surface area contributed by atoms with Crippen LogP contribution in [0.4, 0.5) is 5.69 Å². The first-order valence-electron chi connectivity index (χ1n) is 7.51. The predicted molar refractivity (Wildman–Crippen MR) is 82.2 cm³/mol. The van der Waals surface area contributed by atoms with Gasteiger partial charge in [0.15, 0.2) is 5.16 Å². The number of aryl methyl sites for hydroxylation is 1. The van der Waals surface area contributed by atoms with E-state index in [1.54, 1.807) is 12.1 Å². The molecule has 2 aromatic rings. The lowest BCUT2D eigenvalue weighted by Crippen LogP contribution is -2.02. The highest BCUT2D eigenvalue weighted by molar-refractivity contribution is 7.99. The van der Waals surface area contributed by atoms with Gasteiger partial charge in [-0.15, -0.1) is 10.2 Å². The van der Waals surface area contributed by atoms with Crippen LogP contribution in [0.1, 0.15) is 49.0 Å². The van der Waals surface area contributed by atoms with Gasteiger partial charge in [-0.1, -0.05) is 6.07 Å². The summed E-state index contributed by atoms with van der Waals surface area (Å²) in [4.78, 5) is 11.6. The summed E-state index contributed by atoms with van der Waals surface area (Å²) in [7, 11) is 0. The number of rotatable bonds is 5. The molecule has 1 aromatic carbocycles. The van der Waals surface area contributed by atoms with Crippen LogP contribution in [0.25, 0.3) is 0 Å². The predicted octanol–water partition coefficient (Wildman–Crippen LogP) is 3.86. The standard InChI is InChI=1S/C15H16N4O2S/c1-9-2-7-13(12(8-9)19(20)21)22-15-17-16-14(10-3-4-10)18(15)11-5-6-11/h2,7-8,10-11H,3-6H2,1H3. The van der Waals surface area contributed by atoms with E-state index in [0.29, 0.717) is 16.9 Å². The van der Waals surface area contributed by atoms with Crippen molar-refractivity contribution >= 4 is 17.4 Å². The van der Waals surface area contributed by atoms with Crippen LogP contribution in [-0.2, 0) is 0 Å². The van der Waals surface area contributed by atoms with Crippen molar-refractivity contribution in [3.05, 3.63) is 39.7 Å². The van der Waals surface area contributed by atoms with E-state index < -0.39 is 0 Å². The molecule has 0 unspecified atom stereocenters. The zero-order valence-corrected chi connectivity index (χ0v) is 13.0. The number of benzene rings is 1. The fourth-order valence-corrected chi connectivity index (χ4v) is 3.60. The fourth-order valence-electron chi connectivity index (χ4n) is 2.61. The van der Waals surface area contributed by atoms with Crippen molar-refractivity contribution in [2.24, 2.45) is 0 Å². The number of nitro groups is 1. The first-order valence-corrected chi connectivity index (χ1v) is 8.33. The van der Waals surface area contributed by atoms with E-state index in [1.807, 2.05) is 13.0 Å². The largest absolute Gasteiger partial charge is 0.302 e. The van der Waals surface area contributed by atoms with E-state index in [-0.39, 0.29) is 10.6 Å². The molecule has 6 nitrogen and oxygen atoms in total. The normalized spacial score (nSPS) is 17.7. The van der Waals surface area contributed by atoms with Gasteiger partial charge in [-0.05, 0) is 56.0 Å². The molecule has 0 saturated heterocycles. The average molecular weight is 316 g/mol. The maximum Gasteiger partial charge on any atom is 0.283 e. The summed E-state index contributed by atoms with van der Waals surface area (Å²) in [6.07, 6.45) is 4.67. The van der Waals surface area contributed by atoms with Crippen LogP contribution in [0.15, 0.2) is 28.3 Å². The van der Waals surface area contributed by atoms with Gasteiger partial charge in [0.2, 0.25) is 0 Å². The van der Waals surface area contributed by atoms with Crippen LogP contribution in [-0.4, -0.2) is 19.7 Å². The van der Waals surface area contributed by atoms with Crippen molar-refractivity contribution in [1.82, 2.24) is 14.8 Å². The second-order valence-corrected chi connectivity index (χ2v) is 7.06. The second kappa shape index (κ2) is 5.08.